The fourth-order valence-corrected chi connectivity index (χ4v) is 2.12. The van der Waals surface area contributed by atoms with E-state index < -0.39 is 0 Å². The molecule has 0 aromatic rings. The average molecular weight is 127 g/mol. The first kappa shape index (κ1) is 5.69. The van der Waals surface area contributed by atoms with Crippen LogP contribution in [0.1, 0.15) is 6.42 Å². The maximum atomic E-state index is 8.61. The molecule has 1 saturated carbocycles. The third kappa shape index (κ3) is 0.775. The van der Waals surface area contributed by atoms with Crippen molar-refractivity contribution in [1.82, 2.24) is 5.32 Å². The minimum absolute atomic E-state index is 0.387. The second-order valence-corrected chi connectivity index (χ2v) is 3.16. The Morgan fingerprint density at radius 3 is 2.56 bits per heavy atom. The zero-order chi connectivity index (χ0) is 6.27. The molecular formula is C7H13NO. The topological polar surface area (TPSA) is 32.3 Å². The summed E-state index contributed by atoms with van der Waals surface area (Å²) < 4.78 is 0. The van der Waals surface area contributed by atoms with Gasteiger partial charge in [0.2, 0.25) is 0 Å². The molecule has 0 radical (unpaired) electrons. The van der Waals surface area contributed by atoms with Crippen LogP contribution < -0.4 is 5.32 Å². The fourth-order valence-electron chi connectivity index (χ4n) is 2.12. The number of hydrogen-bond donors (Lipinski definition) is 2. The normalized spacial score (nSPS) is 47.0. The number of aliphatic hydroxyl groups excluding tert-OH is 1. The lowest BCUT2D eigenvalue weighted by atomic mass is 10.2. The summed E-state index contributed by atoms with van der Waals surface area (Å²) in [5.41, 5.74) is 0. The monoisotopic (exact) mass is 127 g/mol. The smallest absolute Gasteiger partial charge is 0.0433 e. The molecule has 1 aliphatic carbocycles. The van der Waals surface area contributed by atoms with E-state index >= 15 is 0 Å². The molecule has 52 valence electrons. The van der Waals surface area contributed by atoms with Crippen LogP contribution in [0.25, 0.3) is 0 Å². The Morgan fingerprint density at radius 1 is 1.33 bits per heavy atom. The lowest BCUT2D eigenvalue weighted by Gasteiger charge is -1.99. The van der Waals surface area contributed by atoms with Gasteiger partial charge >= 0.3 is 0 Å². The summed E-state index contributed by atoms with van der Waals surface area (Å²) in [4.78, 5) is 0. The highest BCUT2D eigenvalue weighted by molar-refractivity contribution is 5.03. The van der Waals surface area contributed by atoms with Crippen LogP contribution in [0.2, 0.25) is 0 Å². The lowest BCUT2D eigenvalue weighted by Crippen LogP contribution is -2.14. The van der Waals surface area contributed by atoms with Crippen molar-refractivity contribution >= 4 is 0 Å². The standard InChI is InChI=1S/C7H13NO/c9-2-1-5-6-3-8-4-7(5)6/h5-9H,1-4H2/t5-,6-,7?/m0/s1. The van der Waals surface area contributed by atoms with E-state index in [4.69, 9.17) is 5.11 Å². The molecule has 3 atom stereocenters. The van der Waals surface area contributed by atoms with E-state index in [2.05, 4.69) is 5.32 Å². The number of hydrogen-bond acceptors (Lipinski definition) is 2. The predicted molar refractivity (Wildman–Crippen MR) is 35.0 cm³/mol. The van der Waals surface area contributed by atoms with Gasteiger partial charge < -0.3 is 10.4 Å². The van der Waals surface area contributed by atoms with Gasteiger partial charge in [0.05, 0.1) is 0 Å². The molecule has 0 amide bonds. The second kappa shape index (κ2) is 1.96. The van der Waals surface area contributed by atoms with E-state index in [9.17, 15) is 0 Å². The third-order valence-corrected chi connectivity index (χ3v) is 2.73. The third-order valence-electron chi connectivity index (χ3n) is 2.73. The van der Waals surface area contributed by atoms with Crippen LogP contribution in [-0.4, -0.2) is 24.8 Å². The first-order valence-electron chi connectivity index (χ1n) is 3.75. The highest BCUT2D eigenvalue weighted by Gasteiger charge is 2.51. The Hall–Kier alpha value is -0.0800. The summed E-state index contributed by atoms with van der Waals surface area (Å²) >= 11 is 0. The number of piperidine rings is 1. The first-order chi connectivity index (χ1) is 4.43. The molecule has 9 heavy (non-hydrogen) atoms. The van der Waals surface area contributed by atoms with Crippen LogP contribution in [0.4, 0.5) is 0 Å². The SMILES string of the molecule is OCC[C@@H]1C2CNC[C@H]21. The largest absolute Gasteiger partial charge is 0.396 e. The molecule has 2 fully saturated rings. The van der Waals surface area contributed by atoms with Gasteiger partial charge in [-0.3, -0.25) is 0 Å². The predicted octanol–water partition coefficient (Wildman–Crippen LogP) is -0.166. The van der Waals surface area contributed by atoms with Gasteiger partial charge in [0, 0.05) is 6.61 Å². The number of rotatable bonds is 2. The molecule has 1 aliphatic heterocycles. The van der Waals surface area contributed by atoms with Crippen molar-refractivity contribution in [3.8, 4) is 0 Å². The van der Waals surface area contributed by atoms with Crippen LogP contribution in [0.15, 0.2) is 0 Å². The van der Waals surface area contributed by atoms with Gasteiger partial charge in [-0.1, -0.05) is 0 Å². The highest BCUT2D eigenvalue weighted by Crippen LogP contribution is 2.50. The van der Waals surface area contributed by atoms with Crippen molar-refractivity contribution in [2.24, 2.45) is 17.8 Å². The Balaban J connectivity index is 1.81. The summed E-state index contributed by atoms with van der Waals surface area (Å²) in [6, 6.07) is 0. The van der Waals surface area contributed by atoms with E-state index in [0.29, 0.717) is 6.61 Å². The van der Waals surface area contributed by atoms with E-state index in [1.807, 2.05) is 0 Å². The molecule has 0 aromatic carbocycles. The van der Waals surface area contributed by atoms with E-state index in [0.717, 1.165) is 24.2 Å². The van der Waals surface area contributed by atoms with Crippen molar-refractivity contribution in [1.29, 1.82) is 0 Å². The minimum atomic E-state index is 0.387. The van der Waals surface area contributed by atoms with Crippen LogP contribution in [-0.2, 0) is 0 Å². The molecule has 2 nitrogen and oxygen atoms in total. The van der Waals surface area contributed by atoms with Crippen LogP contribution in [0.5, 0.6) is 0 Å². The summed E-state index contributed by atoms with van der Waals surface area (Å²) in [5.74, 6) is 2.73. The Morgan fingerprint density at radius 2 is 2.00 bits per heavy atom. The summed E-state index contributed by atoms with van der Waals surface area (Å²) in [5, 5.41) is 11.9. The maximum Gasteiger partial charge on any atom is 0.0433 e. The van der Waals surface area contributed by atoms with Crippen LogP contribution >= 0.6 is 0 Å². The fraction of sp³-hybridized carbons (Fsp3) is 1.00. The maximum absolute atomic E-state index is 8.61. The molecule has 2 N–H and O–H groups in total. The number of fused-ring (bicyclic) bond motifs is 1. The van der Waals surface area contributed by atoms with Crippen molar-refractivity contribution in [3.05, 3.63) is 0 Å². The van der Waals surface area contributed by atoms with Gasteiger partial charge in [0.25, 0.3) is 0 Å². The molecule has 0 bridgehead atoms. The second-order valence-electron chi connectivity index (χ2n) is 3.16. The molecule has 0 aromatic heterocycles. The molecule has 1 heterocycles. The van der Waals surface area contributed by atoms with Crippen molar-refractivity contribution < 1.29 is 5.11 Å². The number of aliphatic hydroxyl groups is 1. The van der Waals surface area contributed by atoms with E-state index in [1.54, 1.807) is 0 Å². The first-order valence-corrected chi connectivity index (χ1v) is 3.75. The van der Waals surface area contributed by atoms with Gasteiger partial charge in [0.1, 0.15) is 0 Å². The van der Waals surface area contributed by atoms with Gasteiger partial charge in [-0.15, -0.1) is 0 Å². The van der Waals surface area contributed by atoms with Crippen LogP contribution in [0, 0.1) is 17.8 Å². The van der Waals surface area contributed by atoms with Crippen molar-refractivity contribution in [2.75, 3.05) is 19.7 Å². The number of nitrogens with one attached hydrogen (secondary N) is 1. The molecule has 1 saturated heterocycles. The van der Waals surface area contributed by atoms with Gasteiger partial charge in [0.15, 0.2) is 0 Å². The summed E-state index contributed by atoms with van der Waals surface area (Å²) in [6.45, 7) is 2.79. The van der Waals surface area contributed by atoms with E-state index in [1.165, 1.54) is 13.1 Å². The quantitative estimate of drug-likeness (QED) is 0.540. The van der Waals surface area contributed by atoms with Gasteiger partial charge in [-0.05, 0) is 37.3 Å². The van der Waals surface area contributed by atoms with Crippen molar-refractivity contribution in [3.63, 3.8) is 0 Å². The summed E-state index contributed by atoms with van der Waals surface area (Å²) in [6.07, 6.45) is 1.04. The molecule has 0 spiro atoms. The molecular weight excluding hydrogens is 114 g/mol. The van der Waals surface area contributed by atoms with E-state index in [-0.39, 0.29) is 0 Å². The average Bonchev–Trinajstić information content (AvgIpc) is 2.39. The Bertz CT molecular complexity index is 105. The van der Waals surface area contributed by atoms with Crippen molar-refractivity contribution in [2.45, 2.75) is 6.42 Å². The zero-order valence-corrected chi connectivity index (χ0v) is 5.51. The molecule has 2 heteroatoms. The molecule has 2 rings (SSSR count). The Labute approximate surface area is 55.3 Å². The highest BCUT2D eigenvalue weighted by atomic mass is 16.3. The Kier molecular flexibility index (Phi) is 1.24. The minimum Gasteiger partial charge on any atom is -0.396 e. The van der Waals surface area contributed by atoms with Gasteiger partial charge in [-0.25, -0.2) is 0 Å². The molecule has 2 aliphatic rings. The van der Waals surface area contributed by atoms with Crippen LogP contribution in [0.3, 0.4) is 0 Å². The zero-order valence-electron chi connectivity index (χ0n) is 5.51. The van der Waals surface area contributed by atoms with Gasteiger partial charge in [-0.2, -0.15) is 0 Å². The lowest BCUT2D eigenvalue weighted by molar-refractivity contribution is 0.272. The summed E-state index contributed by atoms with van der Waals surface area (Å²) in [7, 11) is 0. The molecule has 1 unspecified atom stereocenters.